The SMILES string of the molecule is Cc1c(-c2ccc(N(C)C)cc2)nc[nH]c1=O. The lowest BCUT2D eigenvalue weighted by molar-refractivity contribution is 1.08. The molecule has 0 spiro atoms. The minimum Gasteiger partial charge on any atom is -0.378 e. The topological polar surface area (TPSA) is 49.0 Å². The Bertz CT molecular complexity index is 570. The molecule has 1 aromatic heterocycles. The Balaban J connectivity index is 2.47. The number of benzene rings is 1. The molecule has 0 bridgehead atoms. The van der Waals surface area contributed by atoms with Crippen molar-refractivity contribution in [2.24, 2.45) is 0 Å². The van der Waals surface area contributed by atoms with Crippen molar-refractivity contribution in [3.63, 3.8) is 0 Å². The van der Waals surface area contributed by atoms with Crippen LogP contribution in [0.5, 0.6) is 0 Å². The summed E-state index contributed by atoms with van der Waals surface area (Å²) < 4.78 is 0. The van der Waals surface area contributed by atoms with E-state index in [-0.39, 0.29) is 5.56 Å². The fourth-order valence-electron chi connectivity index (χ4n) is 1.68. The molecule has 0 saturated heterocycles. The molecule has 1 N–H and O–H groups in total. The van der Waals surface area contributed by atoms with Gasteiger partial charge in [0, 0.05) is 30.9 Å². The van der Waals surface area contributed by atoms with Crippen molar-refractivity contribution >= 4 is 5.69 Å². The van der Waals surface area contributed by atoms with Crippen LogP contribution in [0.4, 0.5) is 5.69 Å². The largest absolute Gasteiger partial charge is 0.378 e. The van der Waals surface area contributed by atoms with Crippen molar-refractivity contribution in [1.29, 1.82) is 0 Å². The van der Waals surface area contributed by atoms with Gasteiger partial charge in [-0.25, -0.2) is 4.98 Å². The zero-order valence-corrected chi connectivity index (χ0v) is 10.2. The maximum atomic E-state index is 11.5. The number of nitrogens with one attached hydrogen (secondary N) is 1. The number of rotatable bonds is 2. The van der Waals surface area contributed by atoms with Crippen LogP contribution in [0.2, 0.25) is 0 Å². The Labute approximate surface area is 99.9 Å². The molecule has 0 aliphatic carbocycles. The van der Waals surface area contributed by atoms with Crippen LogP contribution in [0.1, 0.15) is 5.56 Å². The summed E-state index contributed by atoms with van der Waals surface area (Å²) in [6, 6.07) is 7.98. The molecule has 1 aromatic carbocycles. The average molecular weight is 229 g/mol. The summed E-state index contributed by atoms with van der Waals surface area (Å²) in [5.74, 6) is 0. The van der Waals surface area contributed by atoms with Crippen LogP contribution in [-0.2, 0) is 0 Å². The van der Waals surface area contributed by atoms with Gasteiger partial charge in [0.25, 0.3) is 5.56 Å². The van der Waals surface area contributed by atoms with E-state index in [1.807, 2.05) is 43.3 Å². The van der Waals surface area contributed by atoms with E-state index < -0.39 is 0 Å². The highest BCUT2D eigenvalue weighted by Gasteiger charge is 2.06. The van der Waals surface area contributed by atoms with Crippen LogP contribution in [0, 0.1) is 6.92 Å². The van der Waals surface area contributed by atoms with Crippen LogP contribution in [0.3, 0.4) is 0 Å². The first-order valence-corrected chi connectivity index (χ1v) is 5.41. The Hall–Kier alpha value is -2.10. The van der Waals surface area contributed by atoms with E-state index in [2.05, 4.69) is 9.97 Å². The van der Waals surface area contributed by atoms with Crippen molar-refractivity contribution in [2.75, 3.05) is 19.0 Å². The van der Waals surface area contributed by atoms with E-state index >= 15 is 0 Å². The molecule has 88 valence electrons. The third-order valence-electron chi connectivity index (χ3n) is 2.74. The van der Waals surface area contributed by atoms with Gasteiger partial charge in [-0.15, -0.1) is 0 Å². The molecule has 0 saturated carbocycles. The quantitative estimate of drug-likeness (QED) is 0.854. The van der Waals surface area contributed by atoms with Gasteiger partial charge in [0.1, 0.15) is 0 Å². The number of hydrogen-bond donors (Lipinski definition) is 1. The van der Waals surface area contributed by atoms with E-state index in [0.717, 1.165) is 16.9 Å². The van der Waals surface area contributed by atoms with Crippen molar-refractivity contribution in [3.05, 3.63) is 46.5 Å². The highest BCUT2D eigenvalue weighted by atomic mass is 16.1. The lowest BCUT2D eigenvalue weighted by Crippen LogP contribution is -2.11. The Morgan fingerprint density at radius 2 is 1.82 bits per heavy atom. The molecule has 0 aliphatic heterocycles. The molecule has 0 aliphatic rings. The van der Waals surface area contributed by atoms with Gasteiger partial charge in [0.15, 0.2) is 0 Å². The van der Waals surface area contributed by atoms with Crippen molar-refractivity contribution < 1.29 is 0 Å². The number of anilines is 1. The maximum absolute atomic E-state index is 11.5. The minimum atomic E-state index is -0.0910. The van der Waals surface area contributed by atoms with Gasteiger partial charge in [-0.1, -0.05) is 12.1 Å². The highest BCUT2D eigenvalue weighted by molar-refractivity contribution is 5.65. The summed E-state index contributed by atoms with van der Waals surface area (Å²) in [5.41, 5.74) is 3.37. The molecular formula is C13H15N3O. The molecule has 0 atom stereocenters. The second-order valence-electron chi connectivity index (χ2n) is 4.15. The van der Waals surface area contributed by atoms with Crippen LogP contribution in [0.25, 0.3) is 11.3 Å². The van der Waals surface area contributed by atoms with Crippen LogP contribution in [0.15, 0.2) is 35.4 Å². The van der Waals surface area contributed by atoms with Crippen molar-refractivity contribution in [3.8, 4) is 11.3 Å². The lowest BCUT2D eigenvalue weighted by Gasteiger charge is -2.12. The number of hydrogen-bond acceptors (Lipinski definition) is 3. The molecule has 0 fully saturated rings. The molecule has 0 unspecified atom stereocenters. The maximum Gasteiger partial charge on any atom is 0.254 e. The Morgan fingerprint density at radius 1 is 1.18 bits per heavy atom. The zero-order chi connectivity index (χ0) is 12.4. The molecule has 2 rings (SSSR count). The second-order valence-corrected chi connectivity index (χ2v) is 4.15. The van der Waals surface area contributed by atoms with Crippen LogP contribution in [-0.4, -0.2) is 24.1 Å². The number of nitrogens with zero attached hydrogens (tertiary/aromatic N) is 2. The summed E-state index contributed by atoms with van der Waals surface area (Å²) in [6.45, 7) is 1.78. The third-order valence-corrected chi connectivity index (χ3v) is 2.74. The molecule has 1 heterocycles. The fourth-order valence-corrected chi connectivity index (χ4v) is 1.68. The van der Waals surface area contributed by atoms with E-state index in [4.69, 9.17) is 0 Å². The number of aromatic amines is 1. The third kappa shape index (κ3) is 2.20. The normalized spacial score (nSPS) is 10.3. The molecule has 2 aromatic rings. The first-order chi connectivity index (χ1) is 8.09. The van der Waals surface area contributed by atoms with Crippen molar-refractivity contribution in [1.82, 2.24) is 9.97 Å². The molecule has 0 radical (unpaired) electrons. The molecule has 17 heavy (non-hydrogen) atoms. The van der Waals surface area contributed by atoms with E-state index in [0.29, 0.717) is 5.56 Å². The van der Waals surface area contributed by atoms with Crippen LogP contribution < -0.4 is 10.5 Å². The van der Waals surface area contributed by atoms with Crippen molar-refractivity contribution in [2.45, 2.75) is 6.92 Å². The Morgan fingerprint density at radius 3 is 2.41 bits per heavy atom. The summed E-state index contributed by atoms with van der Waals surface area (Å²) in [7, 11) is 3.98. The van der Waals surface area contributed by atoms with Crippen LogP contribution >= 0.6 is 0 Å². The van der Waals surface area contributed by atoms with Gasteiger partial charge in [0.05, 0.1) is 12.0 Å². The van der Waals surface area contributed by atoms with E-state index in [1.165, 1.54) is 6.33 Å². The van der Waals surface area contributed by atoms with Gasteiger partial charge in [-0.05, 0) is 19.1 Å². The zero-order valence-electron chi connectivity index (χ0n) is 10.2. The molecule has 0 amide bonds. The highest BCUT2D eigenvalue weighted by Crippen LogP contribution is 2.21. The second kappa shape index (κ2) is 4.41. The first-order valence-electron chi connectivity index (χ1n) is 5.41. The Kier molecular flexibility index (Phi) is 2.95. The lowest BCUT2D eigenvalue weighted by atomic mass is 10.1. The van der Waals surface area contributed by atoms with E-state index in [1.54, 1.807) is 6.92 Å². The summed E-state index contributed by atoms with van der Waals surface area (Å²) >= 11 is 0. The molecule has 4 heteroatoms. The standard InChI is InChI=1S/C13H15N3O/c1-9-12(14-8-15-13(9)17)10-4-6-11(7-5-10)16(2)3/h4-8H,1-3H3,(H,14,15,17). The van der Waals surface area contributed by atoms with Gasteiger partial charge >= 0.3 is 0 Å². The molecule has 4 nitrogen and oxygen atoms in total. The predicted octanol–water partition coefficient (Wildman–Crippen LogP) is 1.81. The average Bonchev–Trinajstić information content (AvgIpc) is 2.33. The molecular weight excluding hydrogens is 214 g/mol. The smallest absolute Gasteiger partial charge is 0.254 e. The van der Waals surface area contributed by atoms with Gasteiger partial charge < -0.3 is 9.88 Å². The first kappa shape index (κ1) is 11.4. The monoisotopic (exact) mass is 229 g/mol. The number of aromatic nitrogens is 2. The van der Waals surface area contributed by atoms with E-state index in [9.17, 15) is 4.79 Å². The van der Waals surface area contributed by atoms with Gasteiger partial charge in [-0.2, -0.15) is 0 Å². The summed E-state index contributed by atoms with van der Waals surface area (Å²) in [5, 5.41) is 0. The number of H-pyrrole nitrogens is 1. The van der Waals surface area contributed by atoms with Gasteiger partial charge in [-0.3, -0.25) is 4.79 Å². The fraction of sp³-hybridized carbons (Fsp3) is 0.231. The summed E-state index contributed by atoms with van der Waals surface area (Å²) in [6.07, 6.45) is 1.44. The summed E-state index contributed by atoms with van der Waals surface area (Å²) in [4.78, 5) is 20.3. The minimum absolute atomic E-state index is 0.0910. The van der Waals surface area contributed by atoms with Gasteiger partial charge in [0.2, 0.25) is 0 Å². The predicted molar refractivity (Wildman–Crippen MR) is 69.4 cm³/mol.